The maximum Gasteiger partial charge on any atom is 0.231 e. The Morgan fingerprint density at radius 1 is 1.36 bits per heavy atom. The maximum atomic E-state index is 8.35. The van der Waals surface area contributed by atoms with Gasteiger partial charge in [-0.2, -0.15) is 0 Å². The molecule has 0 fully saturated rings. The molecule has 1 aromatic rings. The fourth-order valence-electron chi connectivity index (χ4n) is 0.472. The van der Waals surface area contributed by atoms with Gasteiger partial charge in [0.25, 0.3) is 0 Å². The van der Waals surface area contributed by atoms with Crippen LogP contribution in [0.3, 0.4) is 0 Å². The number of hydrogen-bond donors (Lipinski definition) is 1. The van der Waals surface area contributed by atoms with Crippen LogP contribution >= 0.6 is 21.7 Å². The van der Waals surface area contributed by atoms with Gasteiger partial charge >= 0.3 is 0 Å². The van der Waals surface area contributed by atoms with Gasteiger partial charge < -0.3 is 0 Å². The second-order valence-corrected chi connectivity index (χ2v) is 2.58. The molecule has 0 unspecified atom stereocenters. The fourth-order valence-corrected chi connectivity index (χ4v) is 1.04. The Bertz CT molecular complexity index is 221. The highest BCUT2D eigenvalue weighted by atomic mass is 35.7. The highest BCUT2D eigenvalue weighted by Crippen LogP contribution is 2.19. The Balaban J connectivity index is 0.000000292. The number of benzene rings is 1. The number of nitrogens with one attached hydrogen (secondary N) is 1. The average molecular weight is 188 g/mol. The Hall–Kier alpha value is -0.760. The normalized spacial score (nSPS) is 7.36. The molecule has 0 atom stereocenters. The first kappa shape index (κ1) is 10.2. The summed E-state index contributed by atoms with van der Waals surface area (Å²) < 4.78 is 0. The van der Waals surface area contributed by atoms with Crippen LogP contribution in [0.25, 0.3) is 0 Å². The first-order valence-corrected chi connectivity index (χ1v) is 4.37. The molecule has 1 aromatic carbocycles. The number of carbonyl (C=O) groups excluding carboxylic acids is 1. The number of hydrogen-bond acceptors (Lipinski definition) is 3. The van der Waals surface area contributed by atoms with Gasteiger partial charge in [0.05, 0.1) is 0 Å². The minimum atomic E-state index is 0.750. The van der Waals surface area contributed by atoms with Gasteiger partial charge in [-0.15, -0.1) is 0 Å². The molecule has 2 nitrogen and oxygen atoms in total. The van der Waals surface area contributed by atoms with Gasteiger partial charge in [0.15, 0.2) is 0 Å². The third-order valence-electron chi connectivity index (χ3n) is 0.832. The summed E-state index contributed by atoms with van der Waals surface area (Å²) in [7, 11) is 6.68. The molecular formula is C7H6ClNOS. The van der Waals surface area contributed by atoms with E-state index < -0.39 is 0 Å². The second kappa shape index (κ2) is 7.35. The van der Waals surface area contributed by atoms with Crippen molar-refractivity contribution < 1.29 is 4.79 Å². The van der Waals surface area contributed by atoms with Crippen LogP contribution in [0.5, 0.6) is 0 Å². The van der Waals surface area contributed by atoms with Crippen molar-refractivity contribution in [3.05, 3.63) is 30.3 Å². The van der Waals surface area contributed by atoms with E-state index in [1.807, 2.05) is 30.3 Å². The highest BCUT2D eigenvalue weighted by Gasteiger charge is 1.82. The lowest BCUT2D eigenvalue weighted by molar-refractivity contribution is 0.563. The maximum absolute atomic E-state index is 8.35. The van der Waals surface area contributed by atoms with Crippen molar-refractivity contribution in [1.29, 1.82) is 5.41 Å². The van der Waals surface area contributed by atoms with Crippen molar-refractivity contribution in [1.82, 2.24) is 0 Å². The molecule has 0 amide bonds. The summed E-state index contributed by atoms with van der Waals surface area (Å²) in [6.45, 7) is 0. The zero-order valence-electron chi connectivity index (χ0n) is 5.58. The molecular weight excluding hydrogens is 182 g/mol. The molecule has 0 heterocycles. The van der Waals surface area contributed by atoms with Crippen molar-refractivity contribution in [3.63, 3.8) is 0 Å². The molecule has 0 bridgehead atoms. The van der Waals surface area contributed by atoms with Gasteiger partial charge in [-0.3, -0.25) is 0 Å². The van der Waals surface area contributed by atoms with Crippen LogP contribution in [-0.2, 0) is 4.79 Å². The SMILES string of the molecule is ClSc1ccccc1.N=C=O. The molecule has 1 rings (SSSR count). The van der Waals surface area contributed by atoms with Gasteiger partial charge in [-0.25, -0.2) is 10.2 Å². The lowest BCUT2D eigenvalue weighted by atomic mass is 10.4. The van der Waals surface area contributed by atoms with Gasteiger partial charge in [-0.05, 0) is 33.8 Å². The van der Waals surface area contributed by atoms with Gasteiger partial charge in [-0.1, -0.05) is 18.2 Å². The lowest BCUT2D eigenvalue weighted by Crippen LogP contribution is -1.59. The van der Waals surface area contributed by atoms with E-state index in [9.17, 15) is 0 Å². The van der Waals surface area contributed by atoms with E-state index in [1.54, 1.807) is 0 Å². The Labute approximate surface area is 73.6 Å². The summed E-state index contributed by atoms with van der Waals surface area (Å²) in [5, 5.41) is 5.40. The molecule has 0 spiro atoms. The summed E-state index contributed by atoms with van der Waals surface area (Å²) in [5.74, 6) is 0. The predicted molar refractivity (Wildman–Crippen MR) is 46.6 cm³/mol. The first-order valence-electron chi connectivity index (χ1n) is 2.72. The minimum absolute atomic E-state index is 0.750. The molecule has 0 aliphatic heterocycles. The van der Waals surface area contributed by atoms with Crippen LogP contribution < -0.4 is 0 Å². The molecule has 0 aliphatic carbocycles. The topological polar surface area (TPSA) is 40.9 Å². The van der Waals surface area contributed by atoms with Crippen molar-refractivity contribution in [2.45, 2.75) is 4.90 Å². The second-order valence-electron chi connectivity index (χ2n) is 1.49. The number of isocyanates is 1. The van der Waals surface area contributed by atoms with Crippen LogP contribution in [0, 0.1) is 5.41 Å². The van der Waals surface area contributed by atoms with Gasteiger partial charge in [0, 0.05) is 4.90 Å². The van der Waals surface area contributed by atoms with Crippen LogP contribution in [0.4, 0.5) is 0 Å². The third kappa shape index (κ3) is 5.67. The predicted octanol–water partition coefficient (Wildman–Crippen LogP) is 2.83. The van der Waals surface area contributed by atoms with Crippen molar-refractivity contribution in [2.24, 2.45) is 0 Å². The number of rotatable bonds is 1. The fraction of sp³-hybridized carbons (Fsp3) is 0. The van der Waals surface area contributed by atoms with E-state index in [-0.39, 0.29) is 0 Å². The number of halogens is 1. The molecule has 0 saturated carbocycles. The molecule has 1 N–H and O–H groups in total. The molecule has 0 saturated heterocycles. The molecule has 4 heteroatoms. The van der Waals surface area contributed by atoms with Crippen LogP contribution in [-0.4, -0.2) is 6.08 Å². The Morgan fingerprint density at radius 3 is 2.09 bits per heavy atom. The monoisotopic (exact) mass is 187 g/mol. The average Bonchev–Trinajstić information content (AvgIpc) is 2.08. The molecule has 0 radical (unpaired) electrons. The van der Waals surface area contributed by atoms with E-state index in [4.69, 9.17) is 20.9 Å². The minimum Gasteiger partial charge on any atom is -0.222 e. The molecule has 0 aromatic heterocycles. The Kier molecular flexibility index (Phi) is 6.84. The van der Waals surface area contributed by atoms with E-state index >= 15 is 0 Å². The molecule has 0 aliphatic rings. The summed E-state index contributed by atoms with van der Waals surface area (Å²) in [5.41, 5.74) is 0. The van der Waals surface area contributed by atoms with Crippen LogP contribution in [0.15, 0.2) is 35.2 Å². The lowest BCUT2D eigenvalue weighted by Gasteiger charge is -1.86. The van der Waals surface area contributed by atoms with Gasteiger partial charge in [0.2, 0.25) is 6.08 Å². The molecule has 58 valence electrons. The highest BCUT2D eigenvalue weighted by molar-refractivity contribution is 8.21. The standard InChI is InChI=1S/C6H5ClS.CHNO/c7-8-6-4-2-1-3-5-6;2-1-3/h1-5H;2H. The van der Waals surface area contributed by atoms with Crippen molar-refractivity contribution in [2.75, 3.05) is 0 Å². The molecule has 11 heavy (non-hydrogen) atoms. The van der Waals surface area contributed by atoms with Crippen molar-refractivity contribution in [3.8, 4) is 0 Å². The summed E-state index contributed by atoms with van der Waals surface area (Å²) >= 11 is 0. The van der Waals surface area contributed by atoms with Gasteiger partial charge in [0.1, 0.15) is 0 Å². The van der Waals surface area contributed by atoms with Crippen molar-refractivity contribution >= 4 is 27.7 Å². The Morgan fingerprint density at radius 2 is 1.82 bits per heavy atom. The summed E-state index contributed by atoms with van der Waals surface area (Å²) in [4.78, 5) is 9.44. The largest absolute Gasteiger partial charge is 0.231 e. The zero-order valence-corrected chi connectivity index (χ0v) is 7.15. The van der Waals surface area contributed by atoms with Crippen LogP contribution in [0.1, 0.15) is 0 Å². The van der Waals surface area contributed by atoms with E-state index in [0.29, 0.717) is 0 Å². The first-order chi connectivity index (χ1) is 5.35. The quantitative estimate of drug-likeness (QED) is 0.543. The van der Waals surface area contributed by atoms with Crippen LogP contribution in [0.2, 0.25) is 0 Å². The third-order valence-corrected chi connectivity index (χ3v) is 1.82. The smallest absolute Gasteiger partial charge is 0.222 e. The summed E-state index contributed by atoms with van der Waals surface area (Å²) in [6.07, 6.45) is 0.750. The van der Waals surface area contributed by atoms with E-state index in [1.165, 1.54) is 11.0 Å². The van der Waals surface area contributed by atoms with E-state index in [2.05, 4.69) is 0 Å². The summed E-state index contributed by atoms with van der Waals surface area (Å²) in [6, 6.07) is 9.83. The zero-order chi connectivity index (χ0) is 8.53. The van der Waals surface area contributed by atoms with E-state index in [0.717, 1.165) is 11.0 Å².